The summed E-state index contributed by atoms with van der Waals surface area (Å²) < 4.78 is 33.1. The fourth-order valence-electron chi connectivity index (χ4n) is 2.55. The molecule has 0 N–H and O–H groups in total. The zero-order valence-electron chi connectivity index (χ0n) is 11.8. The molecule has 1 amide bonds. The van der Waals surface area contributed by atoms with Crippen LogP contribution < -0.4 is 4.74 Å². The van der Waals surface area contributed by atoms with Crippen LogP contribution >= 0.6 is 11.3 Å². The predicted molar refractivity (Wildman–Crippen MR) is 80.2 cm³/mol. The lowest BCUT2D eigenvalue weighted by molar-refractivity contribution is 0.0587. The predicted octanol–water partition coefficient (Wildman–Crippen LogP) is 3.71. The Bertz CT molecular complexity index is 632. The van der Waals surface area contributed by atoms with Crippen LogP contribution in [0.2, 0.25) is 0 Å². The van der Waals surface area contributed by atoms with Crippen LogP contribution in [0.1, 0.15) is 23.2 Å². The summed E-state index contributed by atoms with van der Waals surface area (Å²) in [4.78, 5) is 13.8. The third kappa shape index (κ3) is 3.11. The van der Waals surface area contributed by atoms with Crippen LogP contribution in [0.5, 0.6) is 5.75 Å². The molecule has 1 aliphatic heterocycles. The van der Waals surface area contributed by atoms with E-state index in [0.717, 1.165) is 17.9 Å². The summed E-state index contributed by atoms with van der Waals surface area (Å²) in [6, 6.07) is 5.35. The molecule has 22 heavy (non-hydrogen) atoms. The van der Waals surface area contributed by atoms with Gasteiger partial charge in [0, 0.05) is 31.3 Å². The number of nitrogens with zero attached hydrogens (tertiary/aromatic N) is 1. The maximum atomic E-state index is 13.7. The molecule has 0 aliphatic carbocycles. The number of likely N-dealkylation sites (tertiary alicyclic amines) is 1. The average Bonchev–Trinajstić information content (AvgIpc) is 3.00. The van der Waals surface area contributed by atoms with E-state index < -0.39 is 23.1 Å². The molecule has 0 radical (unpaired) electrons. The van der Waals surface area contributed by atoms with Gasteiger partial charge in [0.1, 0.15) is 29.1 Å². The molecule has 3 nitrogen and oxygen atoms in total. The molecule has 2 heterocycles. The molecule has 0 atom stereocenters. The first-order chi connectivity index (χ1) is 10.6. The highest BCUT2D eigenvalue weighted by atomic mass is 32.1. The number of benzene rings is 1. The van der Waals surface area contributed by atoms with E-state index in [1.807, 2.05) is 16.8 Å². The van der Waals surface area contributed by atoms with E-state index in [9.17, 15) is 13.6 Å². The Balaban J connectivity index is 1.62. The number of rotatable bonds is 3. The second-order valence-electron chi connectivity index (χ2n) is 5.17. The highest BCUT2D eigenvalue weighted by Gasteiger charge is 2.28. The molecule has 6 heteroatoms. The summed E-state index contributed by atoms with van der Waals surface area (Å²) in [6.07, 6.45) is 1.33. The molecule has 2 aromatic rings. The molecule has 1 aromatic heterocycles. The van der Waals surface area contributed by atoms with E-state index in [4.69, 9.17) is 4.74 Å². The van der Waals surface area contributed by atoms with Crippen LogP contribution in [0.25, 0.3) is 0 Å². The molecule has 1 saturated heterocycles. The molecule has 1 aliphatic rings. The summed E-state index contributed by atoms with van der Waals surface area (Å²) >= 11 is 1.56. The van der Waals surface area contributed by atoms with Gasteiger partial charge in [0.05, 0.1) is 0 Å². The van der Waals surface area contributed by atoms with Crippen molar-refractivity contribution in [3.8, 4) is 5.75 Å². The molecular formula is C16H15F2NO2S. The van der Waals surface area contributed by atoms with E-state index in [1.165, 1.54) is 11.0 Å². The van der Waals surface area contributed by atoms with Crippen LogP contribution in [0.4, 0.5) is 8.78 Å². The first-order valence-corrected chi connectivity index (χ1v) is 8.01. The topological polar surface area (TPSA) is 29.5 Å². The molecular weight excluding hydrogens is 308 g/mol. The van der Waals surface area contributed by atoms with Gasteiger partial charge in [-0.2, -0.15) is 0 Å². The maximum Gasteiger partial charge on any atom is 0.259 e. The summed E-state index contributed by atoms with van der Waals surface area (Å²) in [5.41, 5.74) is -0.472. The van der Waals surface area contributed by atoms with Gasteiger partial charge >= 0.3 is 0 Å². The van der Waals surface area contributed by atoms with Crippen LogP contribution in [0, 0.1) is 11.6 Å². The van der Waals surface area contributed by atoms with E-state index in [1.54, 1.807) is 11.3 Å². The SMILES string of the molecule is O=C(c1c(F)cccc1F)N1CCC(Oc2ccsc2)CC1. The summed E-state index contributed by atoms with van der Waals surface area (Å²) in [6.45, 7) is 0.864. The van der Waals surface area contributed by atoms with Crippen molar-refractivity contribution in [2.75, 3.05) is 13.1 Å². The molecule has 0 spiro atoms. The number of halogens is 2. The minimum Gasteiger partial charge on any atom is -0.489 e. The lowest BCUT2D eigenvalue weighted by atomic mass is 10.1. The summed E-state index contributed by atoms with van der Waals surface area (Å²) in [7, 11) is 0. The zero-order chi connectivity index (χ0) is 15.5. The van der Waals surface area contributed by atoms with Crippen molar-refractivity contribution in [1.82, 2.24) is 4.90 Å². The van der Waals surface area contributed by atoms with Crippen molar-refractivity contribution in [2.45, 2.75) is 18.9 Å². The minimum absolute atomic E-state index is 0.0316. The lowest BCUT2D eigenvalue weighted by Gasteiger charge is -2.32. The molecule has 0 saturated carbocycles. The van der Waals surface area contributed by atoms with Crippen molar-refractivity contribution in [3.05, 3.63) is 52.2 Å². The van der Waals surface area contributed by atoms with Gasteiger partial charge in [0.15, 0.2) is 0 Å². The van der Waals surface area contributed by atoms with Crippen molar-refractivity contribution >= 4 is 17.2 Å². The molecule has 1 fully saturated rings. The van der Waals surface area contributed by atoms with Gasteiger partial charge in [0.2, 0.25) is 0 Å². The smallest absolute Gasteiger partial charge is 0.259 e. The Morgan fingerprint density at radius 3 is 2.45 bits per heavy atom. The molecule has 116 valence electrons. The number of piperidine rings is 1. The van der Waals surface area contributed by atoms with E-state index in [-0.39, 0.29) is 6.10 Å². The summed E-state index contributed by atoms with van der Waals surface area (Å²) in [5, 5.41) is 3.86. The van der Waals surface area contributed by atoms with Crippen LogP contribution in [-0.2, 0) is 0 Å². The van der Waals surface area contributed by atoms with Gasteiger partial charge in [-0.3, -0.25) is 4.79 Å². The fourth-order valence-corrected chi connectivity index (χ4v) is 3.11. The van der Waals surface area contributed by atoms with Crippen molar-refractivity contribution in [3.63, 3.8) is 0 Å². The number of carbonyl (C=O) groups excluding carboxylic acids is 1. The Labute approximate surface area is 131 Å². The third-order valence-electron chi connectivity index (χ3n) is 3.70. The second-order valence-corrected chi connectivity index (χ2v) is 5.95. The first kappa shape index (κ1) is 15.0. The molecule has 3 rings (SSSR count). The van der Waals surface area contributed by atoms with Crippen molar-refractivity contribution in [2.24, 2.45) is 0 Å². The van der Waals surface area contributed by atoms with Gasteiger partial charge in [-0.25, -0.2) is 8.78 Å². The molecule has 0 bridgehead atoms. The zero-order valence-corrected chi connectivity index (χ0v) is 12.6. The standard InChI is InChI=1S/C16H15F2NO2S/c17-13-2-1-3-14(18)15(13)16(20)19-7-4-11(5-8-19)21-12-6-9-22-10-12/h1-3,6,9-11H,4-5,7-8H2. The normalized spacial score (nSPS) is 15.8. The van der Waals surface area contributed by atoms with Crippen LogP contribution in [0.3, 0.4) is 0 Å². The second kappa shape index (κ2) is 6.44. The van der Waals surface area contributed by atoms with Gasteiger partial charge < -0.3 is 9.64 Å². The van der Waals surface area contributed by atoms with Crippen LogP contribution in [-0.4, -0.2) is 30.0 Å². The highest BCUT2D eigenvalue weighted by molar-refractivity contribution is 7.08. The number of hydrogen-bond donors (Lipinski definition) is 0. The van der Waals surface area contributed by atoms with Gasteiger partial charge in [-0.1, -0.05) is 6.07 Å². The van der Waals surface area contributed by atoms with E-state index in [2.05, 4.69) is 0 Å². The Kier molecular flexibility index (Phi) is 4.38. The largest absolute Gasteiger partial charge is 0.489 e. The fraction of sp³-hybridized carbons (Fsp3) is 0.312. The summed E-state index contributed by atoms with van der Waals surface area (Å²) in [5.74, 6) is -1.40. The Morgan fingerprint density at radius 1 is 1.18 bits per heavy atom. The lowest BCUT2D eigenvalue weighted by Crippen LogP contribution is -2.42. The van der Waals surface area contributed by atoms with Gasteiger partial charge in [-0.05, 0) is 23.6 Å². The highest BCUT2D eigenvalue weighted by Crippen LogP contribution is 2.23. The maximum absolute atomic E-state index is 13.7. The molecule has 0 unspecified atom stereocenters. The molecule has 1 aromatic carbocycles. The monoisotopic (exact) mass is 323 g/mol. The number of hydrogen-bond acceptors (Lipinski definition) is 3. The average molecular weight is 323 g/mol. The minimum atomic E-state index is -0.818. The quantitative estimate of drug-likeness (QED) is 0.862. The first-order valence-electron chi connectivity index (χ1n) is 7.07. The number of ether oxygens (including phenoxy) is 1. The number of thiophene rings is 1. The number of carbonyl (C=O) groups is 1. The Hall–Kier alpha value is -1.95. The third-order valence-corrected chi connectivity index (χ3v) is 4.37. The van der Waals surface area contributed by atoms with E-state index in [0.29, 0.717) is 25.9 Å². The van der Waals surface area contributed by atoms with Crippen LogP contribution in [0.15, 0.2) is 35.0 Å². The van der Waals surface area contributed by atoms with Gasteiger partial charge in [-0.15, -0.1) is 11.3 Å². The van der Waals surface area contributed by atoms with E-state index >= 15 is 0 Å². The van der Waals surface area contributed by atoms with Crippen molar-refractivity contribution < 1.29 is 18.3 Å². The van der Waals surface area contributed by atoms with Crippen molar-refractivity contribution in [1.29, 1.82) is 0 Å². The van der Waals surface area contributed by atoms with Gasteiger partial charge in [0.25, 0.3) is 5.91 Å². The number of amides is 1. The Morgan fingerprint density at radius 2 is 1.86 bits per heavy atom.